The van der Waals surface area contributed by atoms with Crippen LogP contribution in [0.3, 0.4) is 0 Å². The van der Waals surface area contributed by atoms with Crippen molar-refractivity contribution < 1.29 is 9.47 Å². The molecule has 0 aliphatic heterocycles. The lowest BCUT2D eigenvalue weighted by Gasteiger charge is -2.09. The third-order valence-electron chi connectivity index (χ3n) is 4.17. The molecule has 1 aromatic carbocycles. The number of para-hydroxylation sites is 2. The second-order valence-electron chi connectivity index (χ2n) is 6.07. The first kappa shape index (κ1) is 18.0. The van der Waals surface area contributed by atoms with Crippen molar-refractivity contribution in [3.05, 3.63) is 47.9 Å². The minimum atomic E-state index is 0.567. The maximum atomic E-state index is 5.86. The van der Waals surface area contributed by atoms with Crippen molar-refractivity contribution in [1.82, 2.24) is 15.0 Å². The van der Waals surface area contributed by atoms with Gasteiger partial charge < -0.3 is 9.47 Å². The molecule has 0 bridgehead atoms. The van der Waals surface area contributed by atoms with Crippen molar-refractivity contribution in [2.24, 2.45) is 0 Å². The Balaban J connectivity index is 1.53. The number of aryl methyl sites for hydroxylation is 2. The van der Waals surface area contributed by atoms with E-state index in [0.717, 1.165) is 48.4 Å². The summed E-state index contributed by atoms with van der Waals surface area (Å²) in [5, 5.41) is 2.11. The van der Waals surface area contributed by atoms with E-state index < -0.39 is 0 Å². The van der Waals surface area contributed by atoms with E-state index in [4.69, 9.17) is 9.47 Å². The van der Waals surface area contributed by atoms with E-state index in [2.05, 4.69) is 27.9 Å². The van der Waals surface area contributed by atoms with Gasteiger partial charge in [-0.05, 0) is 37.6 Å². The molecular formula is C20H19N3O2S2. The molecule has 0 saturated heterocycles. The summed E-state index contributed by atoms with van der Waals surface area (Å²) in [6.45, 7) is 4.70. The van der Waals surface area contributed by atoms with E-state index in [1.54, 1.807) is 36.5 Å². The van der Waals surface area contributed by atoms with Gasteiger partial charge in [-0.3, -0.25) is 0 Å². The Morgan fingerprint density at radius 3 is 2.74 bits per heavy atom. The van der Waals surface area contributed by atoms with E-state index in [1.807, 2.05) is 31.2 Å². The Bertz CT molecular complexity index is 1110. The highest BCUT2D eigenvalue weighted by Gasteiger charge is 2.15. The lowest BCUT2D eigenvalue weighted by Crippen LogP contribution is -2.02. The van der Waals surface area contributed by atoms with Crippen molar-refractivity contribution in [1.29, 1.82) is 0 Å². The maximum absolute atomic E-state index is 5.86. The van der Waals surface area contributed by atoms with Gasteiger partial charge in [0.25, 0.3) is 0 Å². The fraction of sp³-hybridized carbons (Fsp3) is 0.250. The molecule has 0 fully saturated rings. The standard InChI is InChI=1S/C20H19N3O2S2/c1-12-10-13(2)23-19-16(12)17-18(27-19)20(22-11-21-17)26-9-8-25-15-7-5-4-6-14(15)24-3/h4-7,10-11H,8-9H2,1-3H3. The van der Waals surface area contributed by atoms with Gasteiger partial charge in [0.15, 0.2) is 11.5 Å². The van der Waals surface area contributed by atoms with Crippen LogP contribution in [-0.4, -0.2) is 34.4 Å². The molecule has 27 heavy (non-hydrogen) atoms. The largest absolute Gasteiger partial charge is 0.493 e. The number of benzene rings is 1. The lowest BCUT2D eigenvalue weighted by atomic mass is 10.1. The number of ether oxygens (including phenoxy) is 2. The number of pyridine rings is 1. The summed E-state index contributed by atoms with van der Waals surface area (Å²) in [7, 11) is 1.65. The van der Waals surface area contributed by atoms with Gasteiger partial charge in [-0.1, -0.05) is 12.1 Å². The van der Waals surface area contributed by atoms with E-state index in [0.29, 0.717) is 6.61 Å². The molecular weight excluding hydrogens is 378 g/mol. The number of rotatable bonds is 6. The van der Waals surface area contributed by atoms with Crippen molar-refractivity contribution in [3.8, 4) is 11.5 Å². The van der Waals surface area contributed by atoms with Crippen LogP contribution in [0.4, 0.5) is 0 Å². The van der Waals surface area contributed by atoms with E-state index in [9.17, 15) is 0 Å². The van der Waals surface area contributed by atoms with E-state index in [-0.39, 0.29) is 0 Å². The summed E-state index contributed by atoms with van der Waals surface area (Å²) in [5.41, 5.74) is 3.22. The van der Waals surface area contributed by atoms with E-state index >= 15 is 0 Å². The quantitative estimate of drug-likeness (QED) is 0.258. The molecule has 0 radical (unpaired) electrons. The first-order valence-electron chi connectivity index (χ1n) is 8.57. The van der Waals surface area contributed by atoms with Gasteiger partial charge in [0.1, 0.15) is 16.2 Å². The number of thioether (sulfide) groups is 1. The van der Waals surface area contributed by atoms with Crippen molar-refractivity contribution >= 4 is 43.5 Å². The Labute approximate surface area is 165 Å². The van der Waals surface area contributed by atoms with Crippen molar-refractivity contribution in [2.45, 2.75) is 18.9 Å². The number of hydrogen-bond donors (Lipinski definition) is 0. The van der Waals surface area contributed by atoms with Crippen LogP contribution < -0.4 is 9.47 Å². The Morgan fingerprint density at radius 2 is 1.93 bits per heavy atom. The second-order valence-corrected chi connectivity index (χ2v) is 8.15. The van der Waals surface area contributed by atoms with Gasteiger partial charge in [-0.2, -0.15) is 0 Å². The summed E-state index contributed by atoms with van der Waals surface area (Å²) in [6, 6.07) is 9.77. The third-order valence-corrected chi connectivity index (χ3v) is 6.33. The van der Waals surface area contributed by atoms with Crippen LogP contribution in [-0.2, 0) is 0 Å². The summed E-state index contributed by atoms with van der Waals surface area (Å²) < 4.78 is 12.3. The van der Waals surface area contributed by atoms with Gasteiger partial charge in [0, 0.05) is 16.8 Å². The second kappa shape index (κ2) is 7.70. The van der Waals surface area contributed by atoms with Gasteiger partial charge in [0.05, 0.1) is 23.9 Å². The van der Waals surface area contributed by atoms with Crippen LogP contribution in [0.1, 0.15) is 11.3 Å². The zero-order chi connectivity index (χ0) is 18.8. The molecule has 0 saturated carbocycles. The summed E-state index contributed by atoms with van der Waals surface area (Å²) in [6.07, 6.45) is 1.64. The van der Waals surface area contributed by atoms with Crippen LogP contribution in [0.25, 0.3) is 20.4 Å². The van der Waals surface area contributed by atoms with Crippen LogP contribution in [0.5, 0.6) is 11.5 Å². The van der Waals surface area contributed by atoms with Crippen LogP contribution >= 0.6 is 23.1 Å². The zero-order valence-electron chi connectivity index (χ0n) is 15.4. The first-order valence-corrected chi connectivity index (χ1v) is 10.4. The Kier molecular flexibility index (Phi) is 5.13. The maximum Gasteiger partial charge on any atom is 0.161 e. The molecule has 0 unspecified atom stereocenters. The molecule has 0 N–H and O–H groups in total. The first-order chi connectivity index (χ1) is 13.2. The molecule has 3 aromatic heterocycles. The number of hydrogen-bond acceptors (Lipinski definition) is 7. The van der Waals surface area contributed by atoms with Crippen molar-refractivity contribution in [2.75, 3.05) is 19.5 Å². The average molecular weight is 398 g/mol. The SMILES string of the molecule is COc1ccccc1OCCSc1ncnc2c1sc1nc(C)cc(C)c12. The van der Waals surface area contributed by atoms with Crippen molar-refractivity contribution in [3.63, 3.8) is 0 Å². The minimum absolute atomic E-state index is 0.567. The molecule has 4 aromatic rings. The highest BCUT2D eigenvalue weighted by Crippen LogP contribution is 2.38. The van der Waals surface area contributed by atoms with Gasteiger partial charge in [-0.25, -0.2) is 15.0 Å². The molecule has 0 spiro atoms. The molecule has 0 atom stereocenters. The molecule has 3 heterocycles. The highest BCUT2D eigenvalue weighted by atomic mass is 32.2. The van der Waals surface area contributed by atoms with Gasteiger partial charge >= 0.3 is 0 Å². The molecule has 7 heteroatoms. The molecule has 0 aliphatic rings. The molecule has 0 aliphatic carbocycles. The van der Waals surface area contributed by atoms with Gasteiger partial charge in [-0.15, -0.1) is 23.1 Å². The third kappa shape index (κ3) is 3.57. The topological polar surface area (TPSA) is 57.1 Å². The monoisotopic (exact) mass is 397 g/mol. The predicted octanol–water partition coefficient (Wildman–Crippen LogP) is 5.04. The number of thiophene rings is 1. The Morgan fingerprint density at radius 1 is 1.11 bits per heavy atom. The predicted molar refractivity (Wildman–Crippen MR) is 111 cm³/mol. The molecule has 4 rings (SSSR count). The fourth-order valence-corrected chi connectivity index (χ4v) is 5.16. The molecule has 0 amide bonds. The lowest BCUT2D eigenvalue weighted by molar-refractivity contribution is 0.313. The van der Waals surface area contributed by atoms with Crippen LogP contribution in [0.2, 0.25) is 0 Å². The van der Waals surface area contributed by atoms with Crippen LogP contribution in [0, 0.1) is 13.8 Å². The highest BCUT2D eigenvalue weighted by molar-refractivity contribution is 7.99. The molecule has 138 valence electrons. The summed E-state index contributed by atoms with van der Waals surface area (Å²) in [4.78, 5) is 14.7. The fourth-order valence-electron chi connectivity index (χ4n) is 3.02. The average Bonchev–Trinajstić information content (AvgIpc) is 3.04. The number of fused-ring (bicyclic) bond motifs is 3. The number of methoxy groups -OCH3 is 1. The number of nitrogens with zero attached hydrogens (tertiary/aromatic N) is 3. The smallest absolute Gasteiger partial charge is 0.161 e. The molecule has 5 nitrogen and oxygen atoms in total. The zero-order valence-corrected chi connectivity index (χ0v) is 17.0. The van der Waals surface area contributed by atoms with Gasteiger partial charge in [0.2, 0.25) is 0 Å². The van der Waals surface area contributed by atoms with Crippen LogP contribution in [0.15, 0.2) is 41.7 Å². The minimum Gasteiger partial charge on any atom is -0.493 e. The normalized spacial score (nSPS) is 11.2. The summed E-state index contributed by atoms with van der Waals surface area (Å²) in [5.74, 6) is 2.28. The number of aromatic nitrogens is 3. The summed E-state index contributed by atoms with van der Waals surface area (Å²) >= 11 is 3.33. The Hall–Kier alpha value is -2.38. The van der Waals surface area contributed by atoms with E-state index in [1.165, 1.54) is 5.56 Å².